The number of halogens is 3. The minimum absolute atomic E-state index is 0.135. The number of fused-ring (bicyclic) bond motifs is 1. The summed E-state index contributed by atoms with van der Waals surface area (Å²) in [6.45, 7) is 3.33. The molecule has 176 valence electrons. The number of rotatable bonds is 5. The number of aromatic nitrogens is 1. The normalized spacial score (nSPS) is 19.9. The van der Waals surface area contributed by atoms with Crippen LogP contribution < -0.4 is 15.5 Å². The van der Waals surface area contributed by atoms with Crippen LogP contribution in [0.1, 0.15) is 0 Å². The van der Waals surface area contributed by atoms with Gasteiger partial charge >= 0.3 is 0 Å². The summed E-state index contributed by atoms with van der Waals surface area (Å²) in [5.74, 6) is -2.45. The van der Waals surface area contributed by atoms with Gasteiger partial charge in [-0.05, 0) is 18.2 Å². The van der Waals surface area contributed by atoms with E-state index in [2.05, 4.69) is 25.5 Å². The van der Waals surface area contributed by atoms with Crippen LogP contribution in [0.5, 0.6) is 0 Å². The Morgan fingerprint density at radius 2 is 1.91 bits per heavy atom. The fourth-order valence-corrected chi connectivity index (χ4v) is 4.08. The molecule has 5 rings (SSSR count). The molecule has 0 amide bonds. The van der Waals surface area contributed by atoms with Gasteiger partial charge in [0.15, 0.2) is 11.6 Å². The Kier molecular flexibility index (Phi) is 6.03. The smallest absolute Gasteiger partial charge is 0.185 e. The number of ether oxygens (including phenoxy) is 1. The van der Waals surface area contributed by atoms with E-state index in [0.29, 0.717) is 5.69 Å². The zero-order valence-electron chi connectivity index (χ0n) is 18.3. The van der Waals surface area contributed by atoms with Crippen molar-refractivity contribution in [3.05, 3.63) is 71.2 Å². The van der Waals surface area contributed by atoms with Crippen LogP contribution in [0.4, 0.5) is 30.4 Å². The molecule has 0 spiro atoms. The van der Waals surface area contributed by atoms with Gasteiger partial charge in [0, 0.05) is 51.8 Å². The number of aliphatic imine (C=N–C) groups is 2. The Labute approximate surface area is 194 Å². The average molecular weight is 469 g/mol. The summed E-state index contributed by atoms with van der Waals surface area (Å²) in [4.78, 5) is 17.2. The maximum absolute atomic E-state index is 14.1. The second-order valence-corrected chi connectivity index (χ2v) is 7.80. The second-order valence-electron chi connectivity index (χ2n) is 7.80. The van der Waals surface area contributed by atoms with E-state index in [1.165, 1.54) is 6.20 Å². The maximum atomic E-state index is 14.1. The number of nitrogens with one attached hydrogen (secondary N) is 2. The van der Waals surface area contributed by atoms with Crippen LogP contribution in [0.3, 0.4) is 0 Å². The molecule has 3 aliphatic rings. The van der Waals surface area contributed by atoms with Gasteiger partial charge in [0.1, 0.15) is 35.6 Å². The maximum Gasteiger partial charge on any atom is 0.185 e. The van der Waals surface area contributed by atoms with E-state index in [0.717, 1.165) is 55.4 Å². The fraction of sp³-hybridized carbons (Fsp3) is 0.261. The van der Waals surface area contributed by atoms with Gasteiger partial charge in [-0.1, -0.05) is 0 Å². The Hall–Kier alpha value is -3.70. The third-order valence-corrected chi connectivity index (χ3v) is 5.76. The molecule has 1 fully saturated rings. The Morgan fingerprint density at radius 3 is 2.71 bits per heavy atom. The lowest BCUT2D eigenvalue weighted by Crippen LogP contribution is -2.45. The number of pyridine rings is 1. The SMILES string of the molecule is COC1C=NC=C2C1=C(N1CCNCC1)N=CN2c1ccnc(Nc2c(F)ccc(F)c2F)c1. The number of hydrogen-bond acceptors (Lipinski definition) is 8. The number of piperazine rings is 1. The number of hydrogen-bond donors (Lipinski definition) is 2. The van der Waals surface area contributed by atoms with Gasteiger partial charge in [-0.2, -0.15) is 0 Å². The van der Waals surface area contributed by atoms with E-state index in [9.17, 15) is 13.2 Å². The second kappa shape index (κ2) is 9.27. The van der Waals surface area contributed by atoms with Crippen LogP contribution in [-0.2, 0) is 4.74 Å². The van der Waals surface area contributed by atoms with Crippen LogP contribution in [0, 0.1) is 17.5 Å². The number of anilines is 3. The molecule has 2 aromatic rings. The van der Waals surface area contributed by atoms with Crippen LogP contribution in [0.2, 0.25) is 0 Å². The molecule has 3 aliphatic heterocycles. The van der Waals surface area contributed by atoms with Crippen molar-refractivity contribution in [1.82, 2.24) is 15.2 Å². The first kappa shape index (κ1) is 22.1. The first-order valence-corrected chi connectivity index (χ1v) is 10.7. The predicted molar refractivity (Wildman–Crippen MR) is 124 cm³/mol. The summed E-state index contributed by atoms with van der Waals surface area (Å²) in [7, 11) is 1.61. The lowest BCUT2D eigenvalue weighted by Gasteiger charge is -2.38. The fourth-order valence-electron chi connectivity index (χ4n) is 4.08. The van der Waals surface area contributed by atoms with Crippen molar-refractivity contribution < 1.29 is 17.9 Å². The molecule has 0 bridgehead atoms. The molecule has 1 atom stereocenters. The zero-order valence-corrected chi connectivity index (χ0v) is 18.3. The lowest BCUT2D eigenvalue weighted by molar-refractivity contribution is 0.180. The molecule has 4 heterocycles. The average Bonchev–Trinajstić information content (AvgIpc) is 2.88. The predicted octanol–water partition coefficient (Wildman–Crippen LogP) is 3.15. The Morgan fingerprint density at radius 1 is 1.12 bits per heavy atom. The van der Waals surface area contributed by atoms with Crippen molar-refractivity contribution in [3.8, 4) is 0 Å². The first-order valence-electron chi connectivity index (χ1n) is 10.7. The summed E-state index contributed by atoms with van der Waals surface area (Å²) < 4.78 is 47.5. The highest BCUT2D eigenvalue weighted by atomic mass is 19.2. The van der Waals surface area contributed by atoms with Gasteiger partial charge in [0.25, 0.3) is 0 Å². The monoisotopic (exact) mass is 469 g/mol. The number of nitrogens with zero attached hydrogens (tertiary/aromatic N) is 5. The third-order valence-electron chi connectivity index (χ3n) is 5.76. The summed E-state index contributed by atoms with van der Waals surface area (Å²) in [6, 6.07) is 4.90. The molecule has 8 nitrogen and oxygen atoms in total. The molecule has 2 N–H and O–H groups in total. The van der Waals surface area contributed by atoms with Crippen molar-refractivity contribution in [2.24, 2.45) is 9.98 Å². The molecule has 11 heteroatoms. The van der Waals surface area contributed by atoms with Gasteiger partial charge in [-0.3, -0.25) is 9.89 Å². The van der Waals surface area contributed by atoms with Gasteiger partial charge in [0.05, 0.1) is 23.2 Å². The van der Waals surface area contributed by atoms with Crippen molar-refractivity contribution in [2.75, 3.05) is 43.5 Å². The van der Waals surface area contributed by atoms with Crippen LogP contribution in [0.25, 0.3) is 0 Å². The van der Waals surface area contributed by atoms with E-state index < -0.39 is 23.1 Å². The summed E-state index contributed by atoms with van der Waals surface area (Å²) in [5, 5.41) is 5.87. The van der Waals surface area contributed by atoms with E-state index in [-0.39, 0.29) is 11.9 Å². The molecule has 0 aliphatic carbocycles. The first-order chi connectivity index (χ1) is 16.6. The topological polar surface area (TPSA) is 77.4 Å². The van der Waals surface area contributed by atoms with Gasteiger partial charge in [-0.25, -0.2) is 23.1 Å². The quantitative estimate of drug-likeness (QED) is 0.656. The van der Waals surface area contributed by atoms with E-state index in [1.807, 2.05) is 0 Å². The van der Waals surface area contributed by atoms with Crippen molar-refractivity contribution in [3.63, 3.8) is 0 Å². The van der Waals surface area contributed by atoms with Crippen LogP contribution in [-0.4, -0.2) is 61.8 Å². The largest absolute Gasteiger partial charge is 0.371 e. The molecular formula is C23H22F3N7O. The highest BCUT2D eigenvalue weighted by Gasteiger charge is 2.33. The van der Waals surface area contributed by atoms with Gasteiger partial charge in [-0.15, -0.1) is 0 Å². The standard InChI is InChI=1S/C23H22F3N7O/c1-34-18-12-28-11-17-20(18)23(32-8-6-27-7-9-32)30-13-33(17)14-4-5-29-19(10-14)31-22-16(25)3-2-15(24)21(22)26/h2-5,10-13,18,27H,6-9H2,1H3,(H,29,31). The molecular weight excluding hydrogens is 447 g/mol. The van der Waals surface area contributed by atoms with Crippen molar-refractivity contribution in [1.29, 1.82) is 0 Å². The van der Waals surface area contributed by atoms with Gasteiger partial charge < -0.3 is 20.3 Å². The van der Waals surface area contributed by atoms with Gasteiger partial charge in [0.2, 0.25) is 0 Å². The molecule has 34 heavy (non-hydrogen) atoms. The van der Waals surface area contributed by atoms with Crippen LogP contribution in [0.15, 0.2) is 63.7 Å². The molecule has 1 aromatic heterocycles. The van der Waals surface area contributed by atoms with Crippen molar-refractivity contribution >= 4 is 29.7 Å². The minimum Gasteiger partial charge on any atom is -0.371 e. The Bertz CT molecular complexity index is 1220. The van der Waals surface area contributed by atoms with Crippen LogP contribution >= 0.6 is 0 Å². The van der Waals surface area contributed by atoms with E-state index in [4.69, 9.17) is 9.73 Å². The number of benzene rings is 1. The van der Waals surface area contributed by atoms with Crippen molar-refractivity contribution in [2.45, 2.75) is 6.10 Å². The summed E-state index contributed by atoms with van der Waals surface area (Å²) in [5.41, 5.74) is 1.64. The summed E-state index contributed by atoms with van der Waals surface area (Å²) in [6.07, 6.45) is 6.20. The highest BCUT2D eigenvalue weighted by molar-refractivity contribution is 5.91. The molecule has 1 saturated heterocycles. The van der Waals surface area contributed by atoms with E-state index in [1.54, 1.807) is 42.9 Å². The summed E-state index contributed by atoms with van der Waals surface area (Å²) >= 11 is 0. The molecule has 1 aromatic carbocycles. The minimum atomic E-state index is -1.31. The molecule has 0 saturated carbocycles. The highest BCUT2D eigenvalue weighted by Crippen LogP contribution is 2.35. The van der Waals surface area contributed by atoms with E-state index >= 15 is 0 Å². The zero-order chi connectivity index (χ0) is 23.7. The third kappa shape index (κ3) is 4.03. The lowest BCUT2D eigenvalue weighted by atomic mass is 10.0. The number of methoxy groups -OCH3 is 1. The molecule has 1 unspecified atom stereocenters. The molecule has 0 radical (unpaired) electrons. The Balaban J connectivity index is 1.49.